The number of nitrogen functional groups attached to an aromatic ring is 1. The summed E-state index contributed by atoms with van der Waals surface area (Å²) < 4.78 is 22.8. The van der Waals surface area contributed by atoms with Gasteiger partial charge in [0, 0.05) is 16.5 Å². The summed E-state index contributed by atoms with van der Waals surface area (Å²) in [5.41, 5.74) is 5.60. The zero-order valence-electron chi connectivity index (χ0n) is 8.31. The molecule has 0 bridgehead atoms. The predicted molar refractivity (Wildman–Crippen MR) is 61.9 cm³/mol. The minimum atomic E-state index is -3.30. The molecule has 0 atom stereocenters. The van der Waals surface area contributed by atoms with E-state index in [4.69, 9.17) is 5.73 Å². The predicted octanol–water partition coefficient (Wildman–Crippen LogP) is 1.59. The fourth-order valence-electron chi connectivity index (χ4n) is 1.39. The summed E-state index contributed by atoms with van der Waals surface area (Å²) >= 11 is 1.50. The van der Waals surface area contributed by atoms with Crippen LogP contribution in [0.25, 0.3) is 10.2 Å². The van der Waals surface area contributed by atoms with E-state index in [1.807, 2.05) is 13.0 Å². The fourth-order valence-corrected chi connectivity index (χ4v) is 3.03. The van der Waals surface area contributed by atoms with Crippen molar-refractivity contribution in [2.24, 2.45) is 0 Å². The van der Waals surface area contributed by atoms with E-state index >= 15 is 0 Å². The summed E-state index contributed by atoms with van der Waals surface area (Å²) in [6.45, 7) is 1.95. The lowest BCUT2D eigenvalue weighted by atomic mass is 10.3. The van der Waals surface area contributed by atoms with E-state index in [0.717, 1.165) is 21.3 Å². The summed E-state index contributed by atoms with van der Waals surface area (Å²) in [6.07, 6.45) is 1.13. The Morgan fingerprint density at radius 2 is 2.07 bits per heavy atom. The van der Waals surface area contributed by atoms with Crippen LogP contribution in [0, 0.1) is 6.92 Å². The number of thiophene rings is 1. The number of anilines is 1. The number of hydrogen-bond donors (Lipinski definition) is 1. The number of nitrogens with two attached hydrogens (primary N) is 1. The molecule has 2 aromatic heterocycles. The quantitative estimate of drug-likeness (QED) is 0.824. The van der Waals surface area contributed by atoms with Gasteiger partial charge in [-0.05, 0) is 19.1 Å². The molecule has 0 radical (unpaired) electrons. The Bertz CT molecular complexity index is 629. The number of aromatic nitrogens is 1. The first kappa shape index (κ1) is 10.4. The van der Waals surface area contributed by atoms with E-state index in [1.165, 1.54) is 11.3 Å². The van der Waals surface area contributed by atoms with Crippen LogP contribution in [0.3, 0.4) is 0 Å². The van der Waals surface area contributed by atoms with Crippen LogP contribution in [0.2, 0.25) is 0 Å². The van der Waals surface area contributed by atoms with Crippen molar-refractivity contribution in [2.45, 2.75) is 11.8 Å². The number of sulfone groups is 1. The topological polar surface area (TPSA) is 73.0 Å². The van der Waals surface area contributed by atoms with Crippen molar-refractivity contribution >= 4 is 37.2 Å². The first-order valence-corrected chi connectivity index (χ1v) is 6.95. The number of hydrogen-bond acceptors (Lipinski definition) is 5. The maximum atomic E-state index is 11.4. The Labute approximate surface area is 91.7 Å². The Kier molecular flexibility index (Phi) is 2.20. The molecule has 0 amide bonds. The van der Waals surface area contributed by atoms with Crippen LogP contribution in [0.1, 0.15) is 4.88 Å². The standard InChI is InChI=1S/C9H10N2O2S2/c1-5-3-6-4-7(15(2,12)13)8(10)11-9(6)14-5/h3-4H,1-2H3,(H2,10,11). The minimum absolute atomic E-state index is 0.0758. The molecular formula is C9H10N2O2S2. The molecule has 0 aromatic carbocycles. The molecular weight excluding hydrogens is 232 g/mol. The highest BCUT2D eigenvalue weighted by Gasteiger charge is 2.14. The highest BCUT2D eigenvalue weighted by Crippen LogP contribution is 2.28. The molecule has 0 saturated carbocycles. The van der Waals surface area contributed by atoms with E-state index in [-0.39, 0.29) is 10.7 Å². The number of rotatable bonds is 1. The lowest BCUT2D eigenvalue weighted by Gasteiger charge is -2.01. The first-order valence-electron chi connectivity index (χ1n) is 4.24. The van der Waals surface area contributed by atoms with Crippen molar-refractivity contribution in [1.29, 1.82) is 0 Å². The van der Waals surface area contributed by atoms with Crippen molar-refractivity contribution in [1.82, 2.24) is 4.98 Å². The van der Waals surface area contributed by atoms with Gasteiger partial charge in [0.25, 0.3) is 0 Å². The Morgan fingerprint density at radius 3 is 2.67 bits per heavy atom. The van der Waals surface area contributed by atoms with Crippen LogP contribution >= 0.6 is 11.3 Å². The van der Waals surface area contributed by atoms with Gasteiger partial charge in [0.15, 0.2) is 9.84 Å². The second-order valence-corrected chi connectivity index (χ2v) is 6.61. The summed E-state index contributed by atoms with van der Waals surface area (Å²) in [5, 5.41) is 0.826. The van der Waals surface area contributed by atoms with E-state index in [0.29, 0.717) is 0 Å². The van der Waals surface area contributed by atoms with Gasteiger partial charge in [0.2, 0.25) is 0 Å². The molecule has 2 aromatic rings. The molecule has 0 aliphatic carbocycles. The van der Waals surface area contributed by atoms with Gasteiger partial charge >= 0.3 is 0 Å². The number of fused-ring (bicyclic) bond motifs is 1. The number of nitrogens with zero attached hydrogens (tertiary/aromatic N) is 1. The van der Waals surface area contributed by atoms with Crippen LogP contribution in [0.5, 0.6) is 0 Å². The van der Waals surface area contributed by atoms with Crippen molar-refractivity contribution in [3.05, 3.63) is 17.0 Å². The third-order valence-corrected chi connectivity index (χ3v) is 4.11. The van der Waals surface area contributed by atoms with Crippen molar-refractivity contribution in [3.63, 3.8) is 0 Å². The molecule has 6 heteroatoms. The van der Waals surface area contributed by atoms with Crippen molar-refractivity contribution < 1.29 is 8.42 Å². The molecule has 2 heterocycles. The molecule has 0 fully saturated rings. The van der Waals surface area contributed by atoms with Crippen LogP contribution in [0.4, 0.5) is 5.82 Å². The van der Waals surface area contributed by atoms with Crippen LogP contribution < -0.4 is 5.73 Å². The third-order valence-electron chi connectivity index (χ3n) is 2.02. The number of aryl methyl sites for hydroxylation is 1. The molecule has 0 saturated heterocycles. The lowest BCUT2D eigenvalue weighted by molar-refractivity contribution is 0.602. The van der Waals surface area contributed by atoms with Crippen molar-refractivity contribution in [3.8, 4) is 0 Å². The van der Waals surface area contributed by atoms with Gasteiger partial charge in [-0.3, -0.25) is 0 Å². The zero-order valence-corrected chi connectivity index (χ0v) is 9.95. The molecule has 0 spiro atoms. The summed E-state index contributed by atoms with van der Waals surface area (Å²) in [5.74, 6) is 0.0758. The minimum Gasteiger partial charge on any atom is -0.383 e. The second kappa shape index (κ2) is 3.18. The van der Waals surface area contributed by atoms with Crippen molar-refractivity contribution in [2.75, 3.05) is 12.0 Å². The van der Waals surface area contributed by atoms with Crippen LogP contribution in [-0.2, 0) is 9.84 Å². The largest absolute Gasteiger partial charge is 0.383 e. The highest BCUT2D eigenvalue weighted by molar-refractivity contribution is 7.90. The van der Waals surface area contributed by atoms with E-state index in [1.54, 1.807) is 6.07 Å². The van der Waals surface area contributed by atoms with Gasteiger partial charge in [0.1, 0.15) is 15.5 Å². The maximum absolute atomic E-state index is 11.4. The highest BCUT2D eigenvalue weighted by atomic mass is 32.2. The average Bonchev–Trinajstić information content (AvgIpc) is 2.40. The van der Waals surface area contributed by atoms with Crippen LogP contribution in [-0.4, -0.2) is 19.7 Å². The van der Waals surface area contributed by atoms with Gasteiger partial charge in [-0.25, -0.2) is 13.4 Å². The van der Waals surface area contributed by atoms with E-state index < -0.39 is 9.84 Å². The molecule has 0 unspecified atom stereocenters. The van der Waals surface area contributed by atoms with E-state index in [2.05, 4.69) is 4.98 Å². The monoisotopic (exact) mass is 242 g/mol. The summed E-state index contributed by atoms with van der Waals surface area (Å²) in [6, 6.07) is 3.48. The Balaban J connectivity index is 2.83. The molecule has 0 aliphatic heterocycles. The maximum Gasteiger partial charge on any atom is 0.179 e. The molecule has 4 nitrogen and oxygen atoms in total. The van der Waals surface area contributed by atoms with Gasteiger partial charge in [0.05, 0.1) is 0 Å². The SMILES string of the molecule is Cc1cc2cc(S(C)(=O)=O)c(N)nc2s1. The Morgan fingerprint density at radius 1 is 1.40 bits per heavy atom. The van der Waals surface area contributed by atoms with Gasteiger partial charge in [-0.1, -0.05) is 0 Å². The molecule has 2 N–H and O–H groups in total. The third kappa shape index (κ3) is 1.82. The zero-order chi connectivity index (χ0) is 11.2. The number of pyridine rings is 1. The fraction of sp³-hybridized carbons (Fsp3) is 0.222. The second-order valence-electron chi connectivity index (χ2n) is 3.40. The lowest BCUT2D eigenvalue weighted by Crippen LogP contribution is -2.03. The van der Waals surface area contributed by atoms with Gasteiger partial charge < -0.3 is 5.73 Å². The normalized spacial score (nSPS) is 12.1. The summed E-state index contributed by atoms with van der Waals surface area (Å²) in [4.78, 5) is 6.05. The van der Waals surface area contributed by atoms with Gasteiger partial charge in [-0.2, -0.15) is 0 Å². The molecule has 2 rings (SSSR count). The molecule has 80 valence electrons. The average molecular weight is 242 g/mol. The smallest absolute Gasteiger partial charge is 0.179 e. The molecule has 0 aliphatic rings. The summed E-state index contributed by atoms with van der Waals surface area (Å²) in [7, 11) is -3.30. The Hall–Kier alpha value is -1.14. The van der Waals surface area contributed by atoms with Crippen LogP contribution in [0.15, 0.2) is 17.0 Å². The first-order chi connectivity index (χ1) is 6.88. The van der Waals surface area contributed by atoms with Gasteiger partial charge in [-0.15, -0.1) is 11.3 Å². The molecule has 15 heavy (non-hydrogen) atoms. The van der Waals surface area contributed by atoms with E-state index in [9.17, 15) is 8.42 Å².